The topological polar surface area (TPSA) is 75.4 Å². The van der Waals surface area contributed by atoms with Crippen LogP contribution in [0.3, 0.4) is 0 Å². The lowest BCUT2D eigenvalue weighted by Gasteiger charge is -2.61. The number of fused-ring (bicyclic) bond motifs is 5. The summed E-state index contributed by atoms with van der Waals surface area (Å²) in [5.41, 5.74) is 6.44. The number of amides is 1. The highest BCUT2D eigenvalue weighted by atomic mass is 16.3. The number of carbonyl (C=O) groups excluding carboxylic acids is 1. The monoisotopic (exact) mass is 418 g/mol. The molecule has 0 aromatic heterocycles. The van der Waals surface area contributed by atoms with Gasteiger partial charge in [0.2, 0.25) is 5.91 Å². The highest BCUT2D eigenvalue weighted by molar-refractivity contribution is 5.75. The molecule has 0 aromatic rings. The average molecular weight is 419 g/mol. The summed E-state index contributed by atoms with van der Waals surface area (Å²) in [5, 5.41) is 13.2. The summed E-state index contributed by atoms with van der Waals surface area (Å²) < 4.78 is 0. The van der Waals surface area contributed by atoms with Crippen molar-refractivity contribution in [3.63, 3.8) is 0 Å². The van der Waals surface area contributed by atoms with Crippen LogP contribution in [-0.4, -0.2) is 30.2 Å². The molecule has 4 fully saturated rings. The minimum atomic E-state index is -0.0488. The van der Waals surface area contributed by atoms with Crippen LogP contribution in [0.4, 0.5) is 0 Å². The van der Waals surface area contributed by atoms with Gasteiger partial charge in [0.15, 0.2) is 0 Å². The molecular formula is C26H46N2O2. The Bertz CT molecular complexity index is 624. The first kappa shape index (κ1) is 22.6. The predicted molar refractivity (Wildman–Crippen MR) is 122 cm³/mol. The van der Waals surface area contributed by atoms with Crippen molar-refractivity contribution >= 4 is 5.91 Å². The van der Waals surface area contributed by atoms with Gasteiger partial charge in [-0.05, 0) is 111 Å². The lowest BCUT2D eigenvalue weighted by atomic mass is 9.44. The van der Waals surface area contributed by atoms with Gasteiger partial charge in [0.05, 0.1) is 6.10 Å². The summed E-state index contributed by atoms with van der Waals surface area (Å²) >= 11 is 0. The molecule has 4 rings (SSSR count). The normalized spacial score (nSPS) is 46.4. The van der Waals surface area contributed by atoms with Crippen molar-refractivity contribution in [2.45, 2.75) is 97.5 Å². The second-order valence-electron chi connectivity index (χ2n) is 12.0. The molecule has 4 heteroatoms. The molecule has 4 saturated carbocycles. The summed E-state index contributed by atoms with van der Waals surface area (Å²) in [4.78, 5) is 12.1. The molecule has 4 nitrogen and oxygen atoms in total. The predicted octanol–water partition coefficient (Wildman–Crippen LogP) is 4.50. The lowest BCUT2D eigenvalue weighted by molar-refractivity contribution is -0.129. The zero-order chi connectivity index (χ0) is 21.5. The molecule has 0 aliphatic heterocycles. The standard InChI is InChI=1S/C26H46N2O2/c1-17(4-9-24(30)28-15-14-27)21-7-8-22-20-6-5-18-16-19(29)10-12-25(18,2)23(20)11-13-26(21,22)3/h17-23,29H,4-16,27H2,1-3H3,(H,28,30)/t17-,18-,19-,20+,21-,22+,23+,25+,26-/m1/s1. The van der Waals surface area contributed by atoms with Gasteiger partial charge in [0, 0.05) is 19.5 Å². The fourth-order valence-electron chi connectivity index (χ4n) is 9.07. The molecule has 4 N–H and O–H groups in total. The van der Waals surface area contributed by atoms with Crippen LogP contribution in [0.15, 0.2) is 0 Å². The number of aliphatic hydroxyl groups excluding tert-OH is 1. The van der Waals surface area contributed by atoms with E-state index in [-0.39, 0.29) is 12.0 Å². The molecule has 0 radical (unpaired) electrons. The summed E-state index contributed by atoms with van der Waals surface area (Å²) in [5.74, 6) is 4.94. The summed E-state index contributed by atoms with van der Waals surface area (Å²) in [6.45, 7) is 8.70. The molecule has 0 aromatic carbocycles. The fourth-order valence-corrected chi connectivity index (χ4v) is 9.07. The van der Waals surface area contributed by atoms with Gasteiger partial charge in [-0.2, -0.15) is 0 Å². The molecule has 30 heavy (non-hydrogen) atoms. The van der Waals surface area contributed by atoms with Crippen molar-refractivity contribution < 1.29 is 9.90 Å². The van der Waals surface area contributed by atoms with Crippen molar-refractivity contribution in [1.82, 2.24) is 5.32 Å². The number of hydrogen-bond acceptors (Lipinski definition) is 3. The smallest absolute Gasteiger partial charge is 0.220 e. The van der Waals surface area contributed by atoms with E-state index in [1.807, 2.05) is 0 Å². The van der Waals surface area contributed by atoms with E-state index >= 15 is 0 Å². The van der Waals surface area contributed by atoms with Crippen molar-refractivity contribution in [1.29, 1.82) is 0 Å². The highest BCUT2D eigenvalue weighted by Crippen LogP contribution is 2.68. The van der Waals surface area contributed by atoms with Gasteiger partial charge < -0.3 is 16.2 Å². The Hall–Kier alpha value is -0.610. The van der Waals surface area contributed by atoms with Crippen LogP contribution >= 0.6 is 0 Å². The van der Waals surface area contributed by atoms with Gasteiger partial charge >= 0.3 is 0 Å². The van der Waals surface area contributed by atoms with Crippen LogP contribution in [0.1, 0.15) is 91.4 Å². The van der Waals surface area contributed by atoms with Crippen molar-refractivity contribution in [2.75, 3.05) is 13.1 Å². The molecule has 1 amide bonds. The Balaban J connectivity index is 1.42. The van der Waals surface area contributed by atoms with E-state index in [1.165, 1.54) is 44.9 Å². The Morgan fingerprint density at radius 2 is 1.80 bits per heavy atom. The molecule has 0 spiro atoms. The zero-order valence-corrected chi connectivity index (χ0v) is 19.7. The van der Waals surface area contributed by atoms with Crippen LogP contribution < -0.4 is 11.1 Å². The quantitative estimate of drug-likeness (QED) is 0.594. The molecule has 4 aliphatic carbocycles. The van der Waals surface area contributed by atoms with Crippen LogP contribution in [-0.2, 0) is 4.79 Å². The lowest BCUT2D eigenvalue weighted by Crippen LogP contribution is -2.54. The Kier molecular flexibility index (Phi) is 6.57. The van der Waals surface area contributed by atoms with Crippen LogP contribution in [0, 0.1) is 46.3 Å². The third kappa shape index (κ3) is 3.85. The molecule has 0 bridgehead atoms. The summed E-state index contributed by atoms with van der Waals surface area (Å²) in [7, 11) is 0. The van der Waals surface area contributed by atoms with E-state index in [2.05, 4.69) is 26.1 Å². The minimum Gasteiger partial charge on any atom is -0.393 e. The van der Waals surface area contributed by atoms with Crippen LogP contribution in [0.2, 0.25) is 0 Å². The third-order valence-electron chi connectivity index (χ3n) is 10.7. The zero-order valence-electron chi connectivity index (χ0n) is 19.7. The SMILES string of the molecule is C[C@H](CCC(=O)NCCN)[C@H]1CC[C@H]2[C@@H]3CC[C@@H]4C[C@H](O)CC[C@]4(C)[C@H]3CC[C@]12C. The van der Waals surface area contributed by atoms with Crippen molar-refractivity contribution in [2.24, 2.45) is 52.1 Å². The molecular weight excluding hydrogens is 372 g/mol. The number of carbonyl (C=O) groups is 1. The van der Waals surface area contributed by atoms with E-state index in [0.29, 0.717) is 36.3 Å². The van der Waals surface area contributed by atoms with E-state index in [9.17, 15) is 9.90 Å². The van der Waals surface area contributed by atoms with Gasteiger partial charge in [-0.15, -0.1) is 0 Å². The molecule has 9 atom stereocenters. The van der Waals surface area contributed by atoms with Gasteiger partial charge in [-0.3, -0.25) is 4.79 Å². The first-order valence-corrected chi connectivity index (χ1v) is 12.9. The molecule has 172 valence electrons. The van der Waals surface area contributed by atoms with Gasteiger partial charge in [-0.1, -0.05) is 20.8 Å². The highest BCUT2D eigenvalue weighted by Gasteiger charge is 2.60. The third-order valence-corrected chi connectivity index (χ3v) is 10.7. The van der Waals surface area contributed by atoms with E-state index in [4.69, 9.17) is 5.73 Å². The molecule has 0 saturated heterocycles. The largest absolute Gasteiger partial charge is 0.393 e. The second kappa shape index (κ2) is 8.73. The first-order chi connectivity index (χ1) is 14.3. The minimum absolute atomic E-state index is 0.0488. The summed E-state index contributed by atoms with van der Waals surface area (Å²) in [6.07, 6.45) is 13.2. The van der Waals surface area contributed by atoms with Crippen LogP contribution in [0.25, 0.3) is 0 Å². The van der Waals surface area contributed by atoms with Gasteiger partial charge in [0.1, 0.15) is 0 Å². The second-order valence-corrected chi connectivity index (χ2v) is 12.0. The number of hydrogen-bond donors (Lipinski definition) is 3. The van der Waals surface area contributed by atoms with E-state index < -0.39 is 0 Å². The van der Waals surface area contributed by atoms with Crippen molar-refractivity contribution in [3.05, 3.63) is 0 Å². The number of rotatable bonds is 6. The Morgan fingerprint density at radius 3 is 2.57 bits per heavy atom. The van der Waals surface area contributed by atoms with E-state index in [0.717, 1.165) is 48.9 Å². The Labute approximate surface area is 184 Å². The maximum atomic E-state index is 12.1. The van der Waals surface area contributed by atoms with Gasteiger partial charge in [0.25, 0.3) is 0 Å². The summed E-state index contributed by atoms with van der Waals surface area (Å²) in [6, 6.07) is 0. The first-order valence-electron chi connectivity index (χ1n) is 12.9. The number of aliphatic hydroxyl groups is 1. The van der Waals surface area contributed by atoms with E-state index in [1.54, 1.807) is 0 Å². The fraction of sp³-hybridized carbons (Fsp3) is 0.962. The molecule has 4 aliphatic rings. The Morgan fingerprint density at radius 1 is 1.07 bits per heavy atom. The van der Waals surface area contributed by atoms with Crippen LogP contribution in [0.5, 0.6) is 0 Å². The van der Waals surface area contributed by atoms with Gasteiger partial charge in [-0.25, -0.2) is 0 Å². The number of nitrogens with one attached hydrogen (secondary N) is 1. The maximum absolute atomic E-state index is 12.1. The molecule has 0 heterocycles. The molecule has 0 unspecified atom stereocenters. The average Bonchev–Trinajstić information content (AvgIpc) is 3.08. The maximum Gasteiger partial charge on any atom is 0.220 e. The number of nitrogens with two attached hydrogens (primary N) is 1. The van der Waals surface area contributed by atoms with Crippen molar-refractivity contribution in [3.8, 4) is 0 Å².